The van der Waals surface area contributed by atoms with Gasteiger partial charge >= 0.3 is 6.01 Å². The van der Waals surface area contributed by atoms with Crippen molar-refractivity contribution in [3.63, 3.8) is 0 Å². The molecule has 0 spiro atoms. The highest BCUT2D eigenvalue weighted by molar-refractivity contribution is 8.13. The zero-order valence-corrected chi connectivity index (χ0v) is 14.8. The molecule has 1 fully saturated rings. The molecule has 2 heterocycles. The van der Waals surface area contributed by atoms with Crippen LogP contribution in [0.15, 0.2) is 22.6 Å². The van der Waals surface area contributed by atoms with Gasteiger partial charge in [-0.25, -0.2) is 8.42 Å². The fourth-order valence-electron chi connectivity index (χ4n) is 2.85. The van der Waals surface area contributed by atoms with E-state index < -0.39 is 9.05 Å². The van der Waals surface area contributed by atoms with E-state index in [-0.39, 0.29) is 36.6 Å². The maximum atomic E-state index is 12.1. The lowest BCUT2D eigenvalue weighted by molar-refractivity contribution is -0.117. The summed E-state index contributed by atoms with van der Waals surface area (Å²) in [5.74, 6) is -0.564. The van der Waals surface area contributed by atoms with Gasteiger partial charge in [-0.05, 0) is 25.5 Å². The number of hydrogen-bond donors (Lipinski definition) is 0. The minimum absolute atomic E-state index is 0.0736. The highest BCUT2D eigenvalue weighted by atomic mass is 35.7. The van der Waals surface area contributed by atoms with Crippen molar-refractivity contribution < 1.29 is 17.6 Å². The van der Waals surface area contributed by atoms with Crippen LogP contribution in [0.1, 0.15) is 17.5 Å². The second-order valence-electron chi connectivity index (χ2n) is 5.99. The van der Waals surface area contributed by atoms with Crippen LogP contribution in [0.4, 0.5) is 6.01 Å². The van der Waals surface area contributed by atoms with Crippen molar-refractivity contribution in [2.75, 3.05) is 17.2 Å². The molecule has 1 atom stereocenters. The highest BCUT2D eigenvalue weighted by Crippen LogP contribution is 2.29. The second-order valence-corrected chi connectivity index (χ2v) is 8.81. The molecule has 2 aromatic rings. The Bertz CT molecular complexity index is 894. The van der Waals surface area contributed by atoms with Crippen molar-refractivity contribution in [2.24, 2.45) is 5.92 Å². The van der Waals surface area contributed by atoms with E-state index in [0.717, 1.165) is 16.7 Å². The van der Waals surface area contributed by atoms with Gasteiger partial charge in [0.05, 0.1) is 5.75 Å². The highest BCUT2D eigenvalue weighted by Gasteiger charge is 2.36. The van der Waals surface area contributed by atoms with Crippen molar-refractivity contribution in [1.82, 2.24) is 10.2 Å². The van der Waals surface area contributed by atoms with E-state index in [4.69, 9.17) is 15.1 Å². The average Bonchev–Trinajstić information content (AvgIpc) is 3.03. The van der Waals surface area contributed by atoms with Crippen LogP contribution in [0.25, 0.3) is 11.5 Å². The third-order valence-electron chi connectivity index (χ3n) is 3.90. The first-order chi connectivity index (χ1) is 11.2. The third-order valence-corrected chi connectivity index (χ3v) is 5.14. The number of carbonyl (C=O) groups is 1. The van der Waals surface area contributed by atoms with E-state index >= 15 is 0 Å². The van der Waals surface area contributed by atoms with Gasteiger partial charge in [0.1, 0.15) is 0 Å². The van der Waals surface area contributed by atoms with Gasteiger partial charge in [-0.2, -0.15) is 0 Å². The van der Waals surface area contributed by atoms with E-state index in [1.165, 1.54) is 4.90 Å². The van der Waals surface area contributed by atoms with Gasteiger partial charge in [-0.1, -0.05) is 22.8 Å². The molecule has 0 saturated carbocycles. The van der Waals surface area contributed by atoms with Crippen molar-refractivity contribution >= 4 is 31.7 Å². The van der Waals surface area contributed by atoms with Crippen LogP contribution >= 0.6 is 10.7 Å². The fraction of sp³-hybridized carbons (Fsp3) is 0.400. The maximum Gasteiger partial charge on any atom is 0.325 e. The van der Waals surface area contributed by atoms with Crippen LogP contribution < -0.4 is 4.90 Å². The number of carbonyl (C=O) groups excluding carboxylic acids is 1. The lowest BCUT2D eigenvalue weighted by atomic mass is 10.1. The van der Waals surface area contributed by atoms with Crippen LogP contribution in [-0.2, 0) is 13.8 Å². The molecule has 24 heavy (non-hydrogen) atoms. The largest absolute Gasteiger partial charge is 0.403 e. The SMILES string of the molecule is Cc1ccc(-c2nnc(N3CC(CS(=O)(=O)Cl)CC3=O)o2)c(C)c1. The molecule has 128 valence electrons. The molecule has 9 heteroatoms. The summed E-state index contributed by atoms with van der Waals surface area (Å²) in [4.78, 5) is 13.4. The summed E-state index contributed by atoms with van der Waals surface area (Å²) in [5, 5.41) is 7.93. The van der Waals surface area contributed by atoms with E-state index in [1.807, 2.05) is 32.0 Å². The number of rotatable bonds is 4. The third kappa shape index (κ3) is 3.59. The molecule has 1 amide bonds. The van der Waals surface area contributed by atoms with Gasteiger partial charge in [-0.15, -0.1) is 5.10 Å². The van der Waals surface area contributed by atoms with Crippen molar-refractivity contribution in [3.05, 3.63) is 29.3 Å². The Balaban J connectivity index is 1.82. The zero-order valence-electron chi connectivity index (χ0n) is 13.2. The number of nitrogens with zero attached hydrogens (tertiary/aromatic N) is 3. The normalized spacial score (nSPS) is 18.4. The smallest absolute Gasteiger partial charge is 0.325 e. The molecule has 0 bridgehead atoms. The Hall–Kier alpha value is -1.93. The minimum Gasteiger partial charge on any atom is -0.403 e. The van der Waals surface area contributed by atoms with Crippen molar-refractivity contribution in [3.8, 4) is 11.5 Å². The average molecular weight is 370 g/mol. The van der Waals surface area contributed by atoms with Crippen LogP contribution in [-0.4, -0.2) is 36.8 Å². The Kier molecular flexibility index (Phi) is 4.35. The van der Waals surface area contributed by atoms with Crippen molar-refractivity contribution in [2.45, 2.75) is 20.3 Å². The first-order valence-electron chi connectivity index (χ1n) is 7.37. The molecule has 1 aromatic carbocycles. The van der Waals surface area contributed by atoms with Gasteiger partial charge in [0, 0.05) is 35.1 Å². The summed E-state index contributed by atoms with van der Waals surface area (Å²) in [6, 6.07) is 5.90. The first kappa shape index (κ1) is 16.9. The summed E-state index contributed by atoms with van der Waals surface area (Å²) in [7, 11) is 1.60. The van der Waals surface area contributed by atoms with Gasteiger partial charge in [0.15, 0.2) is 0 Å². The Labute approximate surface area is 144 Å². The maximum absolute atomic E-state index is 12.1. The summed E-state index contributed by atoms with van der Waals surface area (Å²) in [6.07, 6.45) is 0.0905. The minimum atomic E-state index is -3.66. The number of aryl methyl sites for hydroxylation is 2. The van der Waals surface area contributed by atoms with E-state index in [1.54, 1.807) is 0 Å². The Morgan fingerprint density at radius 3 is 2.75 bits per heavy atom. The monoisotopic (exact) mass is 369 g/mol. The number of amides is 1. The van der Waals surface area contributed by atoms with E-state index in [2.05, 4.69) is 10.2 Å². The zero-order chi connectivity index (χ0) is 17.5. The molecule has 3 rings (SSSR count). The molecule has 1 saturated heterocycles. The summed E-state index contributed by atoms with van der Waals surface area (Å²) in [5.41, 5.74) is 2.91. The molecule has 0 radical (unpaired) electrons. The van der Waals surface area contributed by atoms with Crippen LogP contribution in [0.2, 0.25) is 0 Å². The quantitative estimate of drug-likeness (QED) is 0.767. The lowest BCUT2D eigenvalue weighted by Gasteiger charge is -2.10. The van der Waals surface area contributed by atoms with Crippen LogP contribution in [0, 0.1) is 19.8 Å². The standard InChI is InChI=1S/C15H16ClN3O4S/c1-9-3-4-12(10(2)5-9)14-17-18-15(23-14)19-7-11(6-13(19)20)8-24(16,21)22/h3-5,11H,6-8H2,1-2H3. The van der Waals surface area contributed by atoms with Crippen LogP contribution in [0.3, 0.4) is 0 Å². The molecule has 0 N–H and O–H groups in total. The summed E-state index contributed by atoms with van der Waals surface area (Å²) in [6.45, 7) is 4.12. The van der Waals surface area contributed by atoms with Gasteiger partial charge in [-0.3, -0.25) is 9.69 Å². The van der Waals surface area contributed by atoms with Crippen molar-refractivity contribution in [1.29, 1.82) is 0 Å². The van der Waals surface area contributed by atoms with Gasteiger partial charge in [0.25, 0.3) is 0 Å². The molecule has 1 aliphatic heterocycles. The van der Waals surface area contributed by atoms with E-state index in [0.29, 0.717) is 5.89 Å². The van der Waals surface area contributed by atoms with Gasteiger partial charge < -0.3 is 4.42 Å². The summed E-state index contributed by atoms with van der Waals surface area (Å²) >= 11 is 0. The molecule has 7 nitrogen and oxygen atoms in total. The topological polar surface area (TPSA) is 93.4 Å². The molecule has 0 aliphatic carbocycles. The van der Waals surface area contributed by atoms with Gasteiger partial charge in [0.2, 0.25) is 20.8 Å². The van der Waals surface area contributed by atoms with Crippen LogP contribution in [0.5, 0.6) is 0 Å². The number of halogens is 1. The number of aromatic nitrogens is 2. The predicted octanol–water partition coefficient (Wildman–Crippen LogP) is 2.27. The molecular formula is C15H16ClN3O4S. The summed E-state index contributed by atoms with van der Waals surface area (Å²) < 4.78 is 28.0. The number of hydrogen-bond acceptors (Lipinski definition) is 6. The second kappa shape index (κ2) is 6.18. The first-order valence-corrected chi connectivity index (χ1v) is 9.84. The number of anilines is 1. The molecule has 1 unspecified atom stereocenters. The predicted molar refractivity (Wildman–Crippen MR) is 89.3 cm³/mol. The molecule has 1 aromatic heterocycles. The molecule has 1 aliphatic rings. The lowest BCUT2D eigenvalue weighted by Crippen LogP contribution is -2.25. The fourth-order valence-corrected chi connectivity index (χ4v) is 4.17. The Morgan fingerprint density at radius 2 is 2.08 bits per heavy atom. The molecular weight excluding hydrogens is 354 g/mol. The Morgan fingerprint density at radius 1 is 1.33 bits per heavy atom. The number of benzene rings is 1. The van der Waals surface area contributed by atoms with E-state index in [9.17, 15) is 13.2 Å².